The minimum Gasteiger partial charge on any atom is -0.495 e. The van der Waals surface area contributed by atoms with Crippen LogP contribution in [0, 0.1) is 6.92 Å². The number of amides is 1. The van der Waals surface area contributed by atoms with E-state index in [1.54, 1.807) is 6.07 Å². The molecule has 0 fully saturated rings. The molecule has 0 aliphatic rings. The van der Waals surface area contributed by atoms with Crippen LogP contribution >= 0.6 is 0 Å². The Morgan fingerprint density at radius 2 is 1.79 bits per heavy atom. The summed E-state index contributed by atoms with van der Waals surface area (Å²) in [4.78, 5) is 17.8. The number of carbonyl (C=O) groups is 1. The van der Waals surface area contributed by atoms with Crippen LogP contribution in [0.5, 0.6) is 5.75 Å². The minimum absolute atomic E-state index is 0.0526. The summed E-state index contributed by atoms with van der Waals surface area (Å²) in [5, 5.41) is 6.87. The van der Waals surface area contributed by atoms with E-state index in [2.05, 4.69) is 36.2 Å². The molecule has 0 saturated heterocycles. The van der Waals surface area contributed by atoms with E-state index in [0.717, 1.165) is 15.6 Å². The summed E-state index contributed by atoms with van der Waals surface area (Å²) in [7, 11) is 1.52. The molecule has 4 rings (SSSR count). The smallest absolute Gasteiger partial charge is 0.280 e. The molecule has 1 amide bonds. The minimum atomic E-state index is -2.80. The highest BCUT2D eigenvalue weighted by molar-refractivity contribution is 6.09. The lowest BCUT2D eigenvalue weighted by Gasteiger charge is -2.21. The van der Waals surface area contributed by atoms with Gasteiger partial charge in [-0.25, -0.2) is 18.3 Å². The van der Waals surface area contributed by atoms with Gasteiger partial charge in [0.15, 0.2) is 5.65 Å². The first-order valence-electron chi connectivity index (χ1n) is 10.8. The second-order valence-electron chi connectivity index (χ2n) is 9.15. The molecule has 4 aromatic rings. The fourth-order valence-corrected chi connectivity index (χ4v) is 3.64. The van der Waals surface area contributed by atoms with E-state index >= 15 is 0 Å². The van der Waals surface area contributed by atoms with Gasteiger partial charge in [0.25, 0.3) is 12.3 Å². The van der Waals surface area contributed by atoms with Crippen molar-refractivity contribution in [3.8, 4) is 17.0 Å². The SMILES string of the molecule is COc1ccc(C(C)(C)C)cc1NC(=O)c1cnn2c(C(F)F)cc(-c3ccc(C)cc3)nc12. The predicted molar refractivity (Wildman–Crippen MR) is 128 cm³/mol. The van der Waals surface area contributed by atoms with E-state index < -0.39 is 12.3 Å². The van der Waals surface area contributed by atoms with Gasteiger partial charge in [-0.15, -0.1) is 0 Å². The molecular formula is C26H26F2N4O2. The number of nitrogens with one attached hydrogen (secondary N) is 1. The van der Waals surface area contributed by atoms with Gasteiger partial charge in [-0.3, -0.25) is 4.79 Å². The number of hydrogen-bond acceptors (Lipinski definition) is 4. The Morgan fingerprint density at radius 3 is 2.41 bits per heavy atom. The highest BCUT2D eigenvalue weighted by Crippen LogP contribution is 2.32. The fourth-order valence-electron chi connectivity index (χ4n) is 3.64. The van der Waals surface area contributed by atoms with Crippen molar-refractivity contribution in [2.45, 2.75) is 39.5 Å². The van der Waals surface area contributed by atoms with Crippen molar-refractivity contribution in [3.63, 3.8) is 0 Å². The molecule has 2 aromatic heterocycles. The Bertz CT molecular complexity index is 1360. The molecule has 0 atom stereocenters. The van der Waals surface area contributed by atoms with Crippen LogP contribution in [0.25, 0.3) is 16.9 Å². The van der Waals surface area contributed by atoms with Crippen LogP contribution < -0.4 is 10.1 Å². The number of rotatable bonds is 5. The summed E-state index contributed by atoms with van der Waals surface area (Å²) in [6.45, 7) is 8.13. The first-order chi connectivity index (χ1) is 16.1. The highest BCUT2D eigenvalue weighted by Gasteiger charge is 2.23. The summed E-state index contributed by atoms with van der Waals surface area (Å²) in [6.07, 6.45) is -1.54. The molecule has 0 saturated carbocycles. The molecule has 0 radical (unpaired) electrons. The van der Waals surface area contributed by atoms with Crippen LogP contribution in [0.4, 0.5) is 14.5 Å². The molecule has 0 spiro atoms. The lowest BCUT2D eigenvalue weighted by molar-refractivity contribution is 0.102. The lowest BCUT2D eigenvalue weighted by Crippen LogP contribution is -2.16. The Morgan fingerprint density at radius 1 is 1.09 bits per heavy atom. The van der Waals surface area contributed by atoms with Crippen molar-refractivity contribution in [3.05, 3.63) is 77.1 Å². The number of nitrogens with zero attached hydrogens (tertiary/aromatic N) is 3. The van der Waals surface area contributed by atoms with Crippen molar-refractivity contribution in [2.75, 3.05) is 12.4 Å². The second kappa shape index (κ2) is 8.85. The van der Waals surface area contributed by atoms with Gasteiger partial charge >= 0.3 is 0 Å². The van der Waals surface area contributed by atoms with E-state index in [1.165, 1.54) is 19.4 Å². The molecule has 2 aromatic carbocycles. The van der Waals surface area contributed by atoms with Crippen LogP contribution in [0.1, 0.15) is 54.4 Å². The average molecular weight is 465 g/mol. The Labute approximate surface area is 196 Å². The van der Waals surface area contributed by atoms with Crippen molar-refractivity contribution in [2.24, 2.45) is 0 Å². The van der Waals surface area contributed by atoms with Crippen LogP contribution in [-0.4, -0.2) is 27.6 Å². The highest BCUT2D eigenvalue weighted by atomic mass is 19.3. The van der Waals surface area contributed by atoms with Gasteiger partial charge in [-0.05, 0) is 36.1 Å². The zero-order valence-corrected chi connectivity index (χ0v) is 19.7. The largest absolute Gasteiger partial charge is 0.495 e. The molecule has 0 unspecified atom stereocenters. The number of benzene rings is 2. The van der Waals surface area contributed by atoms with Gasteiger partial charge in [0.1, 0.15) is 17.0 Å². The van der Waals surface area contributed by atoms with Crippen molar-refractivity contribution >= 4 is 17.2 Å². The summed E-state index contributed by atoms with van der Waals surface area (Å²) < 4.78 is 34.1. The number of carbonyl (C=O) groups excluding carboxylic acids is 1. The molecular weight excluding hydrogens is 438 g/mol. The maximum absolute atomic E-state index is 13.9. The molecule has 1 N–H and O–H groups in total. The Kier molecular flexibility index (Phi) is 6.08. The molecule has 34 heavy (non-hydrogen) atoms. The molecule has 0 aliphatic heterocycles. The van der Waals surface area contributed by atoms with Gasteiger partial charge in [0.05, 0.1) is 24.7 Å². The van der Waals surface area contributed by atoms with E-state index in [-0.39, 0.29) is 22.3 Å². The standard InChI is InChI=1S/C26H26F2N4O2/c1-15-6-8-16(9-7-15)19-13-21(23(27)28)32-24(30-19)18(14-29-32)25(33)31-20-12-17(26(2,3)4)10-11-22(20)34-5/h6-14,23H,1-5H3,(H,31,33). The Hall–Kier alpha value is -3.81. The molecule has 8 heteroatoms. The van der Waals surface area contributed by atoms with Crippen molar-refractivity contribution in [1.29, 1.82) is 0 Å². The quantitative estimate of drug-likeness (QED) is 0.382. The van der Waals surface area contributed by atoms with Gasteiger partial charge < -0.3 is 10.1 Å². The summed E-state index contributed by atoms with van der Waals surface area (Å²) in [6, 6.07) is 14.2. The number of aromatic nitrogens is 3. The topological polar surface area (TPSA) is 68.5 Å². The number of aryl methyl sites for hydroxylation is 1. The van der Waals surface area contributed by atoms with E-state index in [9.17, 15) is 13.6 Å². The number of methoxy groups -OCH3 is 1. The molecule has 0 bridgehead atoms. The average Bonchev–Trinajstić information content (AvgIpc) is 3.22. The number of hydrogen-bond donors (Lipinski definition) is 1. The predicted octanol–water partition coefficient (Wildman–Crippen LogP) is 6.20. The second-order valence-corrected chi connectivity index (χ2v) is 9.15. The number of fused-ring (bicyclic) bond motifs is 1. The lowest BCUT2D eigenvalue weighted by atomic mass is 9.87. The number of halogens is 2. The van der Waals surface area contributed by atoms with Crippen molar-refractivity contribution in [1.82, 2.24) is 14.6 Å². The van der Waals surface area contributed by atoms with Crippen LogP contribution in [-0.2, 0) is 5.41 Å². The third kappa shape index (κ3) is 4.48. The van der Waals surface area contributed by atoms with Crippen molar-refractivity contribution < 1.29 is 18.3 Å². The summed E-state index contributed by atoms with van der Waals surface area (Å²) in [5.74, 6) is -0.0347. The number of ether oxygens (including phenoxy) is 1. The Balaban J connectivity index is 1.79. The molecule has 0 aliphatic carbocycles. The van der Waals surface area contributed by atoms with E-state index in [4.69, 9.17) is 4.74 Å². The van der Waals surface area contributed by atoms with Crippen LogP contribution in [0.3, 0.4) is 0 Å². The number of alkyl halides is 2. The van der Waals surface area contributed by atoms with E-state index in [1.807, 2.05) is 43.3 Å². The normalized spacial score (nSPS) is 11.8. The third-order valence-corrected chi connectivity index (χ3v) is 5.63. The third-order valence-electron chi connectivity index (χ3n) is 5.63. The van der Waals surface area contributed by atoms with Gasteiger partial charge in [-0.2, -0.15) is 5.10 Å². The first kappa shape index (κ1) is 23.4. The zero-order valence-electron chi connectivity index (χ0n) is 19.7. The van der Waals surface area contributed by atoms with Gasteiger partial charge in [0.2, 0.25) is 0 Å². The number of anilines is 1. The zero-order chi connectivity index (χ0) is 24.6. The molecule has 2 heterocycles. The van der Waals surface area contributed by atoms with Gasteiger partial charge in [0, 0.05) is 5.56 Å². The van der Waals surface area contributed by atoms with Gasteiger partial charge in [-0.1, -0.05) is 56.7 Å². The maximum Gasteiger partial charge on any atom is 0.280 e. The molecule has 176 valence electrons. The van der Waals surface area contributed by atoms with Crippen LogP contribution in [0.2, 0.25) is 0 Å². The maximum atomic E-state index is 13.9. The first-order valence-corrected chi connectivity index (χ1v) is 10.8. The van der Waals surface area contributed by atoms with E-state index in [0.29, 0.717) is 22.7 Å². The summed E-state index contributed by atoms with van der Waals surface area (Å²) in [5.41, 5.74) is 3.17. The summed E-state index contributed by atoms with van der Waals surface area (Å²) >= 11 is 0. The molecule has 6 nitrogen and oxygen atoms in total. The fraction of sp³-hybridized carbons (Fsp3) is 0.269. The monoisotopic (exact) mass is 464 g/mol. The van der Waals surface area contributed by atoms with Crippen LogP contribution in [0.15, 0.2) is 54.7 Å².